The van der Waals surface area contributed by atoms with Crippen LogP contribution in [-0.2, 0) is 28.6 Å². The van der Waals surface area contributed by atoms with Crippen molar-refractivity contribution < 1.29 is 28.6 Å². The van der Waals surface area contributed by atoms with Gasteiger partial charge in [-0.05, 0) is 26.2 Å². The Hall–Kier alpha value is -1.59. The van der Waals surface area contributed by atoms with Crippen LogP contribution in [0.3, 0.4) is 0 Å². The number of ether oxygens (including phenoxy) is 3. The second kappa shape index (κ2) is 13.7. The maximum Gasteiger partial charge on any atom is 0.312 e. The zero-order valence-electron chi connectivity index (χ0n) is 16.2. The van der Waals surface area contributed by atoms with E-state index >= 15 is 0 Å². The number of unbranched alkanes of at least 4 members (excludes halogenated alkanes) is 3. The normalized spacial score (nSPS) is 11.0. The van der Waals surface area contributed by atoms with Gasteiger partial charge in [-0.25, -0.2) is 0 Å². The van der Waals surface area contributed by atoms with E-state index in [0.29, 0.717) is 13.2 Å². The van der Waals surface area contributed by atoms with E-state index in [4.69, 9.17) is 14.2 Å². The van der Waals surface area contributed by atoms with Crippen molar-refractivity contribution in [2.75, 3.05) is 19.8 Å². The van der Waals surface area contributed by atoms with E-state index < -0.39 is 23.3 Å². The summed E-state index contributed by atoms with van der Waals surface area (Å²) >= 11 is 0. The topological polar surface area (TPSA) is 78.9 Å². The highest BCUT2D eigenvalue weighted by molar-refractivity contribution is 5.87. The molecule has 0 bridgehead atoms. The van der Waals surface area contributed by atoms with Gasteiger partial charge in [-0.15, -0.1) is 0 Å². The maximum atomic E-state index is 12.4. The van der Waals surface area contributed by atoms with Crippen LogP contribution in [0.15, 0.2) is 0 Å². The summed E-state index contributed by atoms with van der Waals surface area (Å²) in [6.45, 7) is 8.45. The van der Waals surface area contributed by atoms with Crippen LogP contribution in [0.25, 0.3) is 0 Å². The van der Waals surface area contributed by atoms with Gasteiger partial charge < -0.3 is 14.2 Å². The number of carbonyl (C=O) groups excluding carboxylic acids is 3. The van der Waals surface area contributed by atoms with Crippen molar-refractivity contribution in [3.63, 3.8) is 0 Å². The Morgan fingerprint density at radius 3 is 1.40 bits per heavy atom. The molecule has 0 saturated heterocycles. The summed E-state index contributed by atoms with van der Waals surface area (Å²) in [6.07, 6.45) is 4.60. The average molecular weight is 358 g/mol. The largest absolute Gasteiger partial charge is 0.466 e. The van der Waals surface area contributed by atoms with E-state index in [9.17, 15) is 14.4 Å². The van der Waals surface area contributed by atoms with Crippen molar-refractivity contribution >= 4 is 17.9 Å². The van der Waals surface area contributed by atoms with E-state index in [2.05, 4.69) is 0 Å². The fourth-order valence-electron chi connectivity index (χ4n) is 2.09. The molecule has 0 aromatic heterocycles. The monoisotopic (exact) mass is 358 g/mol. The van der Waals surface area contributed by atoms with Crippen LogP contribution in [0.2, 0.25) is 0 Å². The number of hydrogen-bond acceptors (Lipinski definition) is 6. The van der Waals surface area contributed by atoms with Gasteiger partial charge >= 0.3 is 17.9 Å². The molecule has 0 aliphatic rings. The first-order valence-electron chi connectivity index (χ1n) is 9.38. The van der Waals surface area contributed by atoms with Crippen LogP contribution in [0.1, 0.15) is 79.1 Å². The third-order valence-electron chi connectivity index (χ3n) is 3.81. The van der Waals surface area contributed by atoms with Crippen LogP contribution >= 0.6 is 0 Å². The summed E-state index contributed by atoms with van der Waals surface area (Å²) in [4.78, 5) is 36.5. The number of hydrogen-bond donors (Lipinski definition) is 0. The lowest BCUT2D eigenvalue weighted by Crippen LogP contribution is -2.36. The molecule has 0 unspecified atom stereocenters. The van der Waals surface area contributed by atoms with Gasteiger partial charge in [-0.3, -0.25) is 14.4 Å². The summed E-state index contributed by atoms with van der Waals surface area (Å²) in [5.41, 5.74) is -1.26. The molecule has 6 nitrogen and oxygen atoms in total. The van der Waals surface area contributed by atoms with Crippen molar-refractivity contribution in [2.45, 2.75) is 79.1 Å². The SMILES string of the molecule is CCCCOC(=O)CC(C)(CC(=O)OCCCC)C(=O)OCCCC. The van der Waals surface area contributed by atoms with Gasteiger partial charge in [-0.1, -0.05) is 40.0 Å². The fourth-order valence-corrected chi connectivity index (χ4v) is 2.09. The Bertz CT molecular complexity index is 381. The molecular weight excluding hydrogens is 324 g/mol. The van der Waals surface area contributed by atoms with Gasteiger partial charge in [0.05, 0.1) is 38.1 Å². The minimum atomic E-state index is -1.26. The third kappa shape index (κ3) is 10.8. The molecule has 0 radical (unpaired) electrons. The van der Waals surface area contributed by atoms with Gasteiger partial charge in [0.2, 0.25) is 0 Å². The Morgan fingerprint density at radius 1 is 0.680 bits per heavy atom. The Morgan fingerprint density at radius 2 is 1.04 bits per heavy atom. The lowest BCUT2D eigenvalue weighted by molar-refractivity contribution is -0.166. The molecule has 0 N–H and O–H groups in total. The molecule has 146 valence electrons. The van der Waals surface area contributed by atoms with E-state index in [1.54, 1.807) is 6.92 Å². The molecule has 0 atom stereocenters. The lowest BCUT2D eigenvalue weighted by Gasteiger charge is -2.25. The molecule has 6 heteroatoms. The molecule has 0 rings (SSSR count). The van der Waals surface area contributed by atoms with Crippen LogP contribution < -0.4 is 0 Å². The second-order valence-electron chi connectivity index (χ2n) is 6.55. The molecular formula is C19H34O6. The average Bonchev–Trinajstić information content (AvgIpc) is 2.55. The zero-order chi connectivity index (χ0) is 19.1. The summed E-state index contributed by atoms with van der Waals surface area (Å²) in [5, 5.41) is 0. The van der Waals surface area contributed by atoms with Crippen molar-refractivity contribution in [1.29, 1.82) is 0 Å². The summed E-state index contributed by atoms with van der Waals surface area (Å²) < 4.78 is 15.5. The van der Waals surface area contributed by atoms with Crippen LogP contribution in [0.4, 0.5) is 0 Å². The smallest absolute Gasteiger partial charge is 0.312 e. The van der Waals surface area contributed by atoms with E-state index in [0.717, 1.165) is 38.5 Å². The minimum absolute atomic E-state index is 0.190. The van der Waals surface area contributed by atoms with Crippen LogP contribution in [-0.4, -0.2) is 37.7 Å². The first kappa shape index (κ1) is 23.4. The molecule has 0 heterocycles. The molecule has 0 spiro atoms. The molecule has 0 fully saturated rings. The summed E-state index contributed by atoms with van der Waals surface area (Å²) in [5.74, 6) is -1.55. The van der Waals surface area contributed by atoms with Crippen LogP contribution in [0.5, 0.6) is 0 Å². The van der Waals surface area contributed by atoms with Crippen LogP contribution in [0, 0.1) is 5.41 Å². The van der Waals surface area contributed by atoms with Gasteiger partial charge in [0.15, 0.2) is 0 Å². The van der Waals surface area contributed by atoms with E-state index in [1.165, 1.54) is 0 Å². The minimum Gasteiger partial charge on any atom is -0.466 e. The fraction of sp³-hybridized carbons (Fsp3) is 0.842. The number of esters is 3. The molecule has 0 aliphatic heterocycles. The Balaban J connectivity index is 4.80. The molecule has 0 aliphatic carbocycles. The van der Waals surface area contributed by atoms with Gasteiger partial charge in [0.1, 0.15) is 0 Å². The van der Waals surface area contributed by atoms with Crippen molar-refractivity contribution in [1.82, 2.24) is 0 Å². The second-order valence-corrected chi connectivity index (χ2v) is 6.55. The first-order chi connectivity index (χ1) is 11.9. The highest BCUT2D eigenvalue weighted by Gasteiger charge is 2.40. The van der Waals surface area contributed by atoms with Crippen molar-refractivity contribution in [2.24, 2.45) is 5.41 Å². The van der Waals surface area contributed by atoms with E-state index in [-0.39, 0.29) is 19.4 Å². The summed E-state index contributed by atoms with van der Waals surface area (Å²) in [6, 6.07) is 0. The maximum absolute atomic E-state index is 12.4. The predicted molar refractivity (Wildman–Crippen MR) is 94.9 cm³/mol. The van der Waals surface area contributed by atoms with Gasteiger partial charge in [0.25, 0.3) is 0 Å². The van der Waals surface area contributed by atoms with Gasteiger partial charge in [0, 0.05) is 0 Å². The number of rotatable bonds is 14. The molecule has 0 aromatic carbocycles. The summed E-state index contributed by atoms with van der Waals surface area (Å²) in [7, 11) is 0. The standard InChI is InChI=1S/C19H34O6/c1-5-8-11-23-16(20)14-19(4,18(22)25-13-10-7-3)15-17(21)24-12-9-6-2/h5-15H2,1-4H3. The lowest BCUT2D eigenvalue weighted by atomic mass is 9.83. The molecule has 0 amide bonds. The predicted octanol–water partition coefficient (Wildman–Crippen LogP) is 3.80. The third-order valence-corrected chi connectivity index (χ3v) is 3.81. The molecule has 0 aromatic rings. The molecule has 25 heavy (non-hydrogen) atoms. The zero-order valence-corrected chi connectivity index (χ0v) is 16.2. The first-order valence-corrected chi connectivity index (χ1v) is 9.38. The van der Waals surface area contributed by atoms with Crippen molar-refractivity contribution in [3.05, 3.63) is 0 Å². The van der Waals surface area contributed by atoms with Crippen molar-refractivity contribution in [3.8, 4) is 0 Å². The van der Waals surface area contributed by atoms with E-state index in [1.807, 2.05) is 20.8 Å². The van der Waals surface area contributed by atoms with Gasteiger partial charge in [-0.2, -0.15) is 0 Å². The Labute approximate surface area is 151 Å². The highest BCUT2D eigenvalue weighted by atomic mass is 16.5. The highest BCUT2D eigenvalue weighted by Crippen LogP contribution is 2.29. The molecule has 0 saturated carbocycles. The Kier molecular flexibility index (Phi) is 12.8. The number of carbonyl (C=O) groups is 3. The quantitative estimate of drug-likeness (QED) is 0.267.